The maximum atomic E-state index is 4.42. The molecule has 0 unspecified atom stereocenters. The quantitative estimate of drug-likeness (QED) is 0.845. The van der Waals surface area contributed by atoms with Crippen LogP contribution < -0.4 is 10.3 Å². The third kappa shape index (κ3) is 2.26. The zero-order chi connectivity index (χ0) is 12.4. The summed E-state index contributed by atoms with van der Waals surface area (Å²) in [4.78, 5) is 4.42. The molecule has 17 heavy (non-hydrogen) atoms. The van der Waals surface area contributed by atoms with E-state index in [0.29, 0.717) is 11.8 Å². The van der Waals surface area contributed by atoms with E-state index in [-0.39, 0.29) is 0 Å². The first kappa shape index (κ1) is 11.9. The molecule has 1 heterocycles. The SMILES string of the molecule is CC(C)c1cccc(C(C)C)c1C1=[N+]C=CN1. The highest BCUT2D eigenvalue weighted by atomic mass is 15.0. The summed E-state index contributed by atoms with van der Waals surface area (Å²) in [6, 6.07) is 6.56. The van der Waals surface area contributed by atoms with Crippen molar-refractivity contribution in [3.8, 4) is 0 Å². The van der Waals surface area contributed by atoms with Crippen LogP contribution in [-0.4, -0.2) is 5.84 Å². The van der Waals surface area contributed by atoms with E-state index in [1.165, 1.54) is 16.7 Å². The molecule has 89 valence electrons. The normalized spacial score (nSPS) is 14.4. The van der Waals surface area contributed by atoms with Gasteiger partial charge in [-0.05, 0) is 28.0 Å². The average molecular weight is 228 g/mol. The smallest absolute Gasteiger partial charge is 0.240 e. The Morgan fingerprint density at radius 3 is 2.00 bits per heavy atom. The number of benzene rings is 1. The van der Waals surface area contributed by atoms with Crippen LogP contribution in [0.4, 0.5) is 0 Å². The molecular formula is C15H20N2+. The fraction of sp³-hybridized carbons (Fsp3) is 0.400. The van der Waals surface area contributed by atoms with Crippen LogP contribution in [0.25, 0.3) is 0 Å². The van der Waals surface area contributed by atoms with Crippen molar-refractivity contribution in [2.45, 2.75) is 39.5 Å². The summed E-state index contributed by atoms with van der Waals surface area (Å²) >= 11 is 0. The van der Waals surface area contributed by atoms with Crippen LogP contribution in [-0.2, 0) is 0 Å². The van der Waals surface area contributed by atoms with Crippen molar-refractivity contribution in [2.75, 3.05) is 0 Å². The van der Waals surface area contributed by atoms with Gasteiger partial charge in [0.1, 0.15) is 6.20 Å². The summed E-state index contributed by atoms with van der Waals surface area (Å²) in [6.45, 7) is 8.91. The van der Waals surface area contributed by atoms with Crippen LogP contribution in [0.15, 0.2) is 30.6 Å². The molecule has 0 spiro atoms. The molecule has 1 aromatic carbocycles. The van der Waals surface area contributed by atoms with Crippen molar-refractivity contribution in [3.05, 3.63) is 47.3 Å². The van der Waals surface area contributed by atoms with Gasteiger partial charge in [-0.1, -0.05) is 45.9 Å². The molecule has 0 aromatic heterocycles. The molecule has 1 aliphatic heterocycles. The van der Waals surface area contributed by atoms with E-state index in [2.05, 4.69) is 56.2 Å². The maximum Gasteiger partial charge on any atom is 0.328 e. The average Bonchev–Trinajstić information content (AvgIpc) is 2.80. The van der Waals surface area contributed by atoms with Gasteiger partial charge >= 0.3 is 5.84 Å². The van der Waals surface area contributed by atoms with E-state index >= 15 is 0 Å². The van der Waals surface area contributed by atoms with Crippen molar-refractivity contribution in [1.29, 1.82) is 0 Å². The van der Waals surface area contributed by atoms with Crippen molar-refractivity contribution in [1.82, 2.24) is 10.3 Å². The second-order valence-corrected chi connectivity index (χ2v) is 5.06. The van der Waals surface area contributed by atoms with Crippen LogP contribution in [0.3, 0.4) is 0 Å². The van der Waals surface area contributed by atoms with E-state index in [9.17, 15) is 0 Å². The highest BCUT2D eigenvalue weighted by Gasteiger charge is 2.24. The van der Waals surface area contributed by atoms with Crippen LogP contribution in [0.5, 0.6) is 0 Å². The lowest BCUT2D eigenvalue weighted by atomic mass is 9.88. The van der Waals surface area contributed by atoms with Crippen LogP contribution in [0.2, 0.25) is 0 Å². The summed E-state index contributed by atoms with van der Waals surface area (Å²) in [6.07, 6.45) is 3.70. The minimum Gasteiger partial charge on any atom is -0.240 e. The van der Waals surface area contributed by atoms with Gasteiger partial charge in [-0.25, -0.2) is 5.32 Å². The summed E-state index contributed by atoms with van der Waals surface area (Å²) in [5, 5.41) is 3.23. The standard InChI is InChI=1S/C15H20N2/c1-10(2)12-6-5-7-13(11(3)4)14(12)15-16-8-9-17-15/h5-11,16H,1-4H3/q+1. The summed E-state index contributed by atoms with van der Waals surface area (Å²) in [5.41, 5.74) is 4.01. The molecule has 1 radical (unpaired) electrons. The Morgan fingerprint density at radius 1 is 1.00 bits per heavy atom. The lowest BCUT2D eigenvalue weighted by molar-refractivity contribution is 0.827. The Bertz CT molecular complexity index is 442. The number of nitrogens with one attached hydrogen (secondary N) is 1. The van der Waals surface area contributed by atoms with Gasteiger partial charge < -0.3 is 0 Å². The molecular weight excluding hydrogens is 208 g/mol. The molecule has 0 bridgehead atoms. The first-order valence-electron chi connectivity index (χ1n) is 6.23. The number of aliphatic imine (C=N–C) groups is 1. The van der Waals surface area contributed by atoms with Crippen molar-refractivity contribution >= 4 is 5.84 Å². The number of nitrogens with zero attached hydrogens (tertiary/aromatic N) is 1. The maximum absolute atomic E-state index is 4.42. The molecule has 1 N–H and O–H groups in total. The molecule has 0 fully saturated rings. The summed E-state index contributed by atoms with van der Waals surface area (Å²) in [5.74, 6) is 2.00. The predicted molar refractivity (Wildman–Crippen MR) is 73.1 cm³/mol. The Hall–Kier alpha value is -1.57. The lowest BCUT2D eigenvalue weighted by Crippen LogP contribution is -2.22. The zero-order valence-corrected chi connectivity index (χ0v) is 11.0. The number of rotatable bonds is 3. The van der Waals surface area contributed by atoms with Gasteiger partial charge in [0.25, 0.3) is 0 Å². The second kappa shape index (κ2) is 4.74. The third-order valence-electron chi connectivity index (χ3n) is 3.11. The van der Waals surface area contributed by atoms with Gasteiger partial charge in [-0.15, -0.1) is 0 Å². The molecule has 0 saturated heterocycles. The zero-order valence-electron chi connectivity index (χ0n) is 11.0. The Labute approximate surface area is 103 Å². The molecule has 0 amide bonds. The van der Waals surface area contributed by atoms with Gasteiger partial charge in [-0.3, -0.25) is 0 Å². The lowest BCUT2D eigenvalue weighted by Gasteiger charge is -2.16. The molecule has 1 aliphatic rings. The first-order valence-corrected chi connectivity index (χ1v) is 6.23. The van der Waals surface area contributed by atoms with Gasteiger partial charge in [0, 0.05) is 0 Å². The van der Waals surface area contributed by atoms with Gasteiger partial charge in [-0.2, -0.15) is 0 Å². The fourth-order valence-electron chi connectivity index (χ4n) is 2.23. The monoisotopic (exact) mass is 228 g/mol. The minimum atomic E-state index is 0.508. The van der Waals surface area contributed by atoms with E-state index in [0.717, 1.165) is 5.84 Å². The van der Waals surface area contributed by atoms with Crippen molar-refractivity contribution < 1.29 is 0 Å². The van der Waals surface area contributed by atoms with E-state index in [1.807, 2.05) is 12.4 Å². The predicted octanol–water partition coefficient (Wildman–Crippen LogP) is 3.09. The van der Waals surface area contributed by atoms with E-state index in [4.69, 9.17) is 0 Å². The van der Waals surface area contributed by atoms with Crippen LogP contribution in [0, 0.1) is 0 Å². The van der Waals surface area contributed by atoms with E-state index in [1.54, 1.807) is 0 Å². The number of amidine groups is 1. The molecule has 0 atom stereocenters. The molecule has 0 aliphatic carbocycles. The van der Waals surface area contributed by atoms with Crippen LogP contribution >= 0.6 is 0 Å². The largest absolute Gasteiger partial charge is 0.328 e. The molecule has 0 saturated carbocycles. The fourth-order valence-corrected chi connectivity index (χ4v) is 2.23. The highest BCUT2D eigenvalue weighted by Crippen LogP contribution is 2.27. The molecule has 2 nitrogen and oxygen atoms in total. The number of hydrogen-bond acceptors (Lipinski definition) is 2. The summed E-state index contributed by atoms with van der Waals surface area (Å²) < 4.78 is 0. The van der Waals surface area contributed by atoms with Gasteiger partial charge in [0.05, 0.1) is 5.56 Å². The van der Waals surface area contributed by atoms with Crippen LogP contribution in [0.1, 0.15) is 56.2 Å². The molecule has 1 aromatic rings. The first-order chi connectivity index (χ1) is 8.11. The Balaban J connectivity index is 2.58. The topological polar surface area (TPSA) is 26.1 Å². The summed E-state index contributed by atoms with van der Waals surface area (Å²) in [7, 11) is 0. The van der Waals surface area contributed by atoms with Crippen molar-refractivity contribution in [3.63, 3.8) is 0 Å². The van der Waals surface area contributed by atoms with Gasteiger partial charge in [0.15, 0.2) is 6.20 Å². The second-order valence-electron chi connectivity index (χ2n) is 5.06. The number of hydrogen-bond donors (Lipinski definition) is 1. The molecule has 2 heteroatoms. The van der Waals surface area contributed by atoms with Crippen molar-refractivity contribution in [2.24, 2.45) is 0 Å². The highest BCUT2D eigenvalue weighted by molar-refractivity contribution is 6.02. The minimum absolute atomic E-state index is 0.508. The Morgan fingerprint density at radius 2 is 1.59 bits per heavy atom. The molecule has 2 rings (SSSR count). The Kier molecular flexibility index (Phi) is 3.32. The van der Waals surface area contributed by atoms with E-state index < -0.39 is 0 Å². The third-order valence-corrected chi connectivity index (χ3v) is 3.11. The van der Waals surface area contributed by atoms with Gasteiger partial charge in [0.2, 0.25) is 0 Å².